The van der Waals surface area contributed by atoms with Gasteiger partial charge in [-0.3, -0.25) is 4.57 Å². The van der Waals surface area contributed by atoms with Crippen LogP contribution in [0.4, 0.5) is 0 Å². The first-order valence-electron chi connectivity index (χ1n) is 17.0. The molecule has 0 saturated heterocycles. The molecule has 0 aliphatic heterocycles. The van der Waals surface area contributed by atoms with Gasteiger partial charge in [-0.1, -0.05) is 153 Å². The summed E-state index contributed by atoms with van der Waals surface area (Å²) in [6.07, 6.45) is 0.877. The molecule has 9 aromatic rings. The van der Waals surface area contributed by atoms with Crippen molar-refractivity contribution in [3.63, 3.8) is 0 Å². The minimum atomic E-state index is 0.877. The zero-order valence-electron chi connectivity index (χ0n) is 27.3. The highest BCUT2D eigenvalue weighted by Crippen LogP contribution is 2.44. The fraction of sp³-hybridized carbons (Fsp3) is 0.0426. The van der Waals surface area contributed by atoms with Crippen molar-refractivity contribution in [2.24, 2.45) is 0 Å². The molecule has 1 aromatic heterocycles. The second kappa shape index (κ2) is 12.1. The summed E-state index contributed by atoms with van der Waals surface area (Å²) in [7, 11) is 0. The molecule has 0 radical (unpaired) electrons. The third kappa shape index (κ3) is 5.01. The van der Waals surface area contributed by atoms with Gasteiger partial charge in [0.15, 0.2) is 0 Å². The van der Waals surface area contributed by atoms with Crippen molar-refractivity contribution < 1.29 is 0 Å². The predicted octanol–water partition coefficient (Wildman–Crippen LogP) is 12.6. The first kappa shape index (κ1) is 28.9. The molecule has 0 aliphatic carbocycles. The minimum absolute atomic E-state index is 0.877. The zero-order chi connectivity index (χ0) is 32.7. The van der Waals surface area contributed by atoms with Crippen LogP contribution in [0.1, 0.15) is 12.7 Å². The van der Waals surface area contributed by atoms with Crippen molar-refractivity contribution >= 4 is 32.6 Å². The fourth-order valence-corrected chi connectivity index (χ4v) is 7.47. The van der Waals surface area contributed by atoms with Gasteiger partial charge in [0.25, 0.3) is 0 Å². The SMILES string of the molecule is CCc1nc2ccccc2n1-c1ccc(-c2ccc(-c3c4ccccc4c(-c4cccc(-c5ccccc5)c4)c4ccccc34)cc2)cc1. The van der Waals surface area contributed by atoms with E-state index >= 15 is 0 Å². The Kier molecular flexibility index (Phi) is 7.13. The van der Waals surface area contributed by atoms with Crippen molar-refractivity contribution in [2.75, 3.05) is 0 Å². The largest absolute Gasteiger partial charge is 0.296 e. The molecule has 0 spiro atoms. The standard InChI is InChI=1S/C47H34N2/c1-2-45-48-43-21-10-11-22-44(43)49(45)38-29-27-34(28-30-38)33-23-25-35(26-24-33)46-39-17-6-8-19-41(39)47(42-20-9-7-18-40(42)46)37-16-12-15-36(31-37)32-13-4-3-5-14-32/h3-31H,2H2,1H3. The lowest BCUT2D eigenvalue weighted by Crippen LogP contribution is -1.99. The van der Waals surface area contributed by atoms with Crippen molar-refractivity contribution in [3.8, 4) is 50.2 Å². The summed E-state index contributed by atoms with van der Waals surface area (Å²) in [6, 6.07) is 63.7. The van der Waals surface area contributed by atoms with Gasteiger partial charge >= 0.3 is 0 Å². The van der Waals surface area contributed by atoms with Crippen LogP contribution in [0.5, 0.6) is 0 Å². The van der Waals surface area contributed by atoms with E-state index in [0.717, 1.165) is 29.0 Å². The number of hydrogen-bond donors (Lipinski definition) is 0. The number of imidazole rings is 1. The van der Waals surface area contributed by atoms with E-state index in [4.69, 9.17) is 4.98 Å². The molecule has 1 heterocycles. The van der Waals surface area contributed by atoms with Crippen LogP contribution in [-0.4, -0.2) is 9.55 Å². The molecule has 232 valence electrons. The normalized spacial score (nSPS) is 11.4. The van der Waals surface area contributed by atoms with Crippen LogP contribution in [0.2, 0.25) is 0 Å². The lowest BCUT2D eigenvalue weighted by molar-refractivity contribution is 0.908. The molecule has 0 amide bonds. The Bertz CT molecular complexity index is 2550. The summed E-state index contributed by atoms with van der Waals surface area (Å²) in [6.45, 7) is 2.16. The zero-order valence-corrected chi connectivity index (χ0v) is 27.3. The third-order valence-electron chi connectivity index (χ3n) is 9.77. The Morgan fingerprint density at radius 3 is 1.51 bits per heavy atom. The third-order valence-corrected chi connectivity index (χ3v) is 9.77. The smallest absolute Gasteiger partial charge is 0.114 e. The molecule has 49 heavy (non-hydrogen) atoms. The maximum Gasteiger partial charge on any atom is 0.114 e. The summed E-state index contributed by atoms with van der Waals surface area (Å²) in [4.78, 5) is 4.87. The topological polar surface area (TPSA) is 17.8 Å². The Hall–Kier alpha value is -6.25. The second-order valence-corrected chi connectivity index (χ2v) is 12.6. The fourth-order valence-electron chi connectivity index (χ4n) is 7.47. The van der Waals surface area contributed by atoms with Gasteiger partial charge in [0.1, 0.15) is 5.82 Å². The number of fused-ring (bicyclic) bond motifs is 3. The molecule has 8 aromatic carbocycles. The van der Waals surface area contributed by atoms with Gasteiger partial charge in [-0.25, -0.2) is 4.98 Å². The summed E-state index contributed by atoms with van der Waals surface area (Å²) in [5.41, 5.74) is 13.2. The van der Waals surface area contributed by atoms with Crippen molar-refractivity contribution in [2.45, 2.75) is 13.3 Å². The van der Waals surface area contributed by atoms with E-state index < -0.39 is 0 Å². The summed E-state index contributed by atoms with van der Waals surface area (Å²) < 4.78 is 2.28. The monoisotopic (exact) mass is 626 g/mol. The van der Waals surface area contributed by atoms with E-state index in [0.29, 0.717) is 0 Å². The van der Waals surface area contributed by atoms with Crippen LogP contribution in [0, 0.1) is 0 Å². The Morgan fingerprint density at radius 2 is 0.878 bits per heavy atom. The molecule has 0 bridgehead atoms. The molecular weight excluding hydrogens is 593 g/mol. The molecule has 0 unspecified atom stereocenters. The number of nitrogens with zero attached hydrogens (tertiary/aromatic N) is 2. The average molecular weight is 627 g/mol. The molecular formula is C47H34N2. The second-order valence-electron chi connectivity index (χ2n) is 12.6. The van der Waals surface area contributed by atoms with Crippen molar-refractivity contribution in [1.29, 1.82) is 0 Å². The maximum atomic E-state index is 4.87. The highest BCUT2D eigenvalue weighted by atomic mass is 15.1. The van der Waals surface area contributed by atoms with Crippen LogP contribution < -0.4 is 0 Å². The van der Waals surface area contributed by atoms with Gasteiger partial charge in [-0.2, -0.15) is 0 Å². The lowest BCUT2D eigenvalue weighted by atomic mass is 9.85. The summed E-state index contributed by atoms with van der Waals surface area (Å²) >= 11 is 0. The van der Waals surface area contributed by atoms with Crippen LogP contribution in [0.3, 0.4) is 0 Å². The Balaban J connectivity index is 1.13. The Morgan fingerprint density at radius 1 is 0.408 bits per heavy atom. The number of aromatic nitrogens is 2. The van der Waals surface area contributed by atoms with E-state index in [1.807, 2.05) is 0 Å². The molecule has 0 fully saturated rings. The van der Waals surface area contributed by atoms with E-state index in [-0.39, 0.29) is 0 Å². The van der Waals surface area contributed by atoms with Gasteiger partial charge in [0.05, 0.1) is 11.0 Å². The van der Waals surface area contributed by atoms with Gasteiger partial charge in [-0.15, -0.1) is 0 Å². The molecule has 0 N–H and O–H groups in total. The van der Waals surface area contributed by atoms with Crippen molar-refractivity contribution in [3.05, 3.63) is 182 Å². The summed E-state index contributed by atoms with van der Waals surface area (Å²) in [5, 5.41) is 5.05. The van der Waals surface area contributed by atoms with Crippen LogP contribution in [0.15, 0.2) is 176 Å². The Labute approximate surface area is 286 Å². The van der Waals surface area contributed by atoms with Crippen LogP contribution >= 0.6 is 0 Å². The van der Waals surface area contributed by atoms with Gasteiger partial charge in [0.2, 0.25) is 0 Å². The van der Waals surface area contributed by atoms with Gasteiger partial charge in [0, 0.05) is 12.1 Å². The lowest BCUT2D eigenvalue weighted by Gasteiger charge is -2.18. The van der Waals surface area contributed by atoms with E-state index in [2.05, 4.69) is 187 Å². The number of rotatable bonds is 6. The molecule has 2 nitrogen and oxygen atoms in total. The number of benzene rings is 8. The van der Waals surface area contributed by atoms with Crippen LogP contribution in [0.25, 0.3) is 82.8 Å². The van der Waals surface area contributed by atoms with E-state index in [1.54, 1.807) is 0 Å². The summed E-state index contributed by atoms with van der Waals surface area (Å²) in [5.74, 6) is 1.08. The average Bonchev–Trinajstić information content (AvgIpc) is 3.56. The van der Waals surface area contributed by atoms with E-state index in [1.165, 1.54) is 66.1 Å². The molecule has 0 atom stereocenters. The van der Waals surface area contributed by atoms with Gasteiger partial charge < -0.3 is 0 Å². The quantitative estimate of drug-likeness (QED) is 0.168. The highest BCUT2D eigenvalue weighted by molar-refractivity contribution is 6.21. The van der Waals surface area contributed by atoms with Crippen molar-refractivity contribution in [1.82, 2.24) is 9.55 Å². The van der Waals surface area contributed by atoms with E-state index in [9.17, 15) is 0 Å². The van der Waals surface area contributed by atoms with Crippen LogP contribution in [-0.2, 0) is 6.42 Å². The minimum Gasteiger partial charge on any atom is -0.296 e. The first-order chi connectivity index (χ1) is 24.3. The number of para-hydroxylation sites is 2. The highest BCUT2D eigenvalue weighted by Gasteiger charge is 2.17. The first-order valence-corrected chi connectivity index (χ1v) is 17.0. The predicted molar refractivity (Wildman–Crippen MR) is 207 cm³/mol. The molecule has 2 heteroatoms. The van der Waals surface area contributed by atoms with Gasteiger partial charge in [-0.05, 0) is 96.4 Å². The molecule has 0 aliphatic rings. The number of hydrogen-bond acceptors (Lipinski definition) is 1. The molecule has 9 rings (SSSR count). The molecule has 0 saturated carbocycles. The maximum absolute atomic E-state index is 4.87. The number of aryl methyl sites for hydroxylation is 1.